The molecule has 40 heavy (non-hydrogen) atoms. The molecular formula is C31H44N8O. The largest absolute Gasteiger partial charge is 0.494 e. The first-order chi connectivity index (χ1) is 19.3. The van der Waals surface area contributed by atoms with E-state index in [1.165, 1.54) is 11.4 Å². The fraction of sp³-hybridized carbons (Fsp3) is 0.581. The van der Waals surface area contributed by atoms with E-state index in [1.807, 2.05) is 0 Å². The van der Waals surface area contributed by atoms with E-state index < -0.39 is 0 Å². The summed E-state index contributed by atoms with van der Waals surface area (Å²) in [5.74, 6) is 1.18. The van der Waals surface area contributed by atoms with Gasteiger partial charge in [-0.3, -0.25) is 4.90 Å². The second-order valence-electron chi connectivity index (χ2n) is 12.5. The van der Waals surface area contributed by atoms with E-state index in [1.54, 1.807) is 6.20 Å². The number of hydrogen-bond acceptors (Lipinski definition) is 8. The molecule has 0 bridgehead atoms. The van der Waals surface area contributed by atoms with Crippen LogP contribution in [0.4, 0.5) is 5.69 Å². The van der Waals surface area contributed by atoms with Crippen molar-refractivity contribution < 1.29 is 4.74 Å². The second kappa shape index (κ2) is 12.5. The summed E-state index contributed by atoms with van der Waals surface area (Å²) >= 11 is 0. The number of fused-ring (bicyclic) bond motifs is 1. The minimum atomic E-state index is 0.0949. The average Bonchev–Trinajstić information content (AvgIpc) is 3.27. The molecule has 2 fully saturated rings. The molecule has 0 N–H and O–H groups in total. The Morgan fingerprint density at radius 3 is 2.33 bits per heavy atom. The van der Waals surface area contributed by atoms with Gasteiger partial charge in [0.15, 0.2) is 0 Å². The lowest BCUT2D eigenvalue weighted by Gasteiger charge is -2.36. The third kappa shape index (κ3) is 7.30. The van der Waals surface area contributed by atoms with Crippen molar-refractivity contribution >= 4 is 16.7 Å². The van der Waals surface area contributed by atoms with Gasteiger partial charge in [-0.2, -0.15) is 5.26 Å². The molecule has 214 valence electrons. The molecule has 0 unspecified atom stereocenters. The molecule has 2 aromatic heterocycles. The van der Waals surface area contributed by atoms with Gasteiger partial charge in [0.2, 0.25) is 5.82 Å². The number of anilines is 1. The van der Waals surface area contributed by atoms with Crippen LogP contribution in [0.5, 0.6) is 5.75 Å². The van der Waals surface area contributed by atoms with Crippen LogP contribution in [-0.2, 0) is 13.1 Å². The van der Waals surface area contributed by atoms with E-state index in [9.17, 15) is 5.26 Å². The zero-order chi connectivity index (χ0) is 28.1. The van der Waals surface area contributed by atoms with Gasteiger partial charge in [-0.15, -0.1) is 0 Å². The van der Waals surface area contributed by atoms with Gasteiger partial charge < -0.3 is 24.0 Å². The molecule has 0 radical (unpaired) electrons. The lowest BCUT2D eigenvalue weighted by atomic mass is 9.97. The molecule has 2 saturated heterocycles. The van der Waals surface area contributed by atoms with Crippen LogP contribution in [0.2, 0.25) is 0 Å². The highest BCUT2D eigenvalue weighted by atomic mass is 16.5. The van der Waals surface area contributed by atoms with Crippen molar-refractivity contribution in [3.63, 3.8) is 0 Å². The van der Waals surface area contributed by atoms with Crippen LogP contribution < -0.4 is 9.64 Å². The Hall–Kier alpha value is -3.19. The molecule has 0 aliphatic carbocycles. The number of aromatic nitrogens is 3. The molecule has 0 atom stereocenters. The van der Waals surface area contributed by atoms with E-state index in [2.05, 4.69) is 98.4 Å². The van der Waals surface area contributed by atoms with Crippen molar-refractivity contribution in [2.75, 3.05) is 77.5 Å². The summed E-state index contributed by atoms with van der Waals surface area (Å²) in [5.41, 5.74) is 3.44. The summed E-state index contributed by atoms with van der Waals surface area (Å²) < 4.78 is 8.32. The molecule has 5 rings (SSSR count). The highest BCUT2D eigenvalue weighted by Gasteiger charge is 2.22. The van der Waals surface area contributed by atoms with Crippen LogP contribution in [-0.4, -0.2) is 102 Å². The Morgan fingerprint density at radius 1 is 0.950 bits per heavy atom. The first kappa shape index (κ1) is 28.3. The topological polar surface area (TPSA) is 76.7 Å². The van der Waals surface area contributed by atoms with Gasteiger partial charge in [0.1, 0.15) is 17.5 Å². The second-order valence-corrected chi connectivity index (χ2v) is 12.5. The highest BCUT2D eigenvalue weighted by molar-refractivity contribution is 5.77. The Morgan fingerprint density at radius 2 is 1.65 bits per heavy atom. The maximum absolute atomic E-state index is 9.32. The standard InChI is InChI=1S/C31H44N8O/c1-31(2,3)24-39-27(20-25-22-33-29(21-32)34-30(25)39)23-37-15-17-38(18-16-37)26-6-8-28(9-7-26)40-19-5-10-36-13-11-35(4)12-14-36/h6-9,20,22H,5,10-19,23-24H2,1-4H3. The Kier molecular flexibility index (Phi) is 8.89. The van der Waals surface area contributed by atoms with Gasteiger partial charge in [-0.05, 0) is 49.2 Å². The van der Waals surface area contributed by atoms with Gasteiger partial charge in [0.05, 0.1) is 6.61 Å². The van der Waals surface area contributed by atoms with Gasteiger partial charge in [-0.1, -0.05) is 20.8 Å². The van der Waals surface area contributed by atoms with Crippen molar-refractivity contribution in [2.24, 2.45) is 5.41 Å². The zero-order valence-electron chi connectivity index (χ0n) is 24.6. The predicted molar refractivity (Wildman–Crippen MR) is 160 cm³/mol. The number of rotatable bonds is 9. The van der Waals surface area contributed by atoms with Crippen LogP contribution in [0.3, 0.4) is 0 Å². The summed E-state index contributed by atoms with van der Waals surface area (Å²) in [6.45, 7) is 18.9. The van der Waals surface area contributed by atoms with E-state index in [0.29, 0.717) is 0 Å². The normalized spacial score (nSPS) is 17.8. The minimum absolute atomic E-state index is 0.0949. The molecule has 2 aliphatic rings. The van der Waals surface area contributed by atoms with Crippen molar-refractivity contribution in [2.45, 2.75) is 40.3 Å². The van der Waals surface area contributed by atoms with Crippen molar-refractivity contribution in [1.82, 2.24) is 29.2 Å². The van der Waals surface area contributed by atoms with Crippen LogP contribution in [0.15, 0.2) is 36.5 Å². The molecule has 2 aliphatic heterocycles. The summed E-state index contributed by atoms with van der Waals surface area (Å²) in [4.78, 5) is 18.7. The number of nitriles is 1. The summed E-state index contributed by atoms with van der Waals surface area (Å²) in [6.07, 6.45) is 2.84. The molecule has 0 amide bonds. The van der Waals surface area contributed by atoms with Crippen molar-refractivity contribution in [3.05, 3.63) is 48.0 Å². The van der Waals surface area contributed by atoms with Gasteiger partial charge in [0, 0.05) is 95.0 Å². The first-order valence-electron chi connectivity index (χ1n) is 14.6. The molecule has 3 aromatic rings. The van der Waals surface area contributed by atoms with Crippen molar-refractivity contribution in [3.8, 4) is 11.8 Å². The molecular weight excluding hydrogens is 500 g/mol. The number of nitrogens with zero attached hydrogens (tertiary/aromatic N) is 8. The summed E-state index contributed by atoms with van der Waals surface area (Å²) in [7, 11) is 2.20. The van der Waals surface area contributed by atoms with E-state index in [-0.39, 0.29) is 11.2 Å². The number of hydrogen-bond donors (Lipinski definition) is 0. The van der Waals surface area contributed by atoms with Gasteiger partial charge in [-0.25, -0.2) is 9.97 Å². The Balaban J connectivity index is 1.12. The van der Waals surface area contributed by atoms with Gasteiger partial charge >= 0.3 is 0 Å². The molecule has 0 saturated carbocycles. The smallest absolute Gasteiger partial charge is 0.234 e. The monoisotopic (exact) mass is 544 g/mol. The predicted octanol–water partition coefficient (Wildman–Crippen LogP) is 3.69. The number of ether oxygens (including phenoxy) is 1. The average molecular weight is 545 g/mol. The molecule has 9 heteroatoms. The third-order valence-corrected chi connectivity index (χ3v) is 7.90. The Labute approximate surface area is 238 Å². The summed E-state index contributed by atoms with van der Waals surface area (Å²) in [6, 6.07) is 12.9. The SMILES string of the molecule is CN1CCN(CCCOc2ccc(N3CCN(Cc4cc5cnc(C#N)nc5n4CC(C)(C)C)CC3)cc2)CC1. The number of likely N-dealkylation sites (N-methyl/N-ethyl adjacent to an activating group) is 1. The quantitative estimate of drug-likeness (QED) is 0.378. The van der Waals surface area contributed by atoms with Crippen molar-refractivity contribution in [1.29, 1.82) is 5.26 Å². The number of benzene rings is 1. The van der Waals surface area contributed by atoms with E-state index in [4.69, 9.17) is 4.74 Å². The third-order valence-electron chi connectivity index (χ3n) is 7.90. The lowest BCUT2D eigenvalue weighted by Crippen LogP contribution is -2.46. The fourth-order valence-electron chi connectivity index (χ4n) is 5.63. The molecule has 1 aromatic carbocycles. The van der Waals surface area contributed by atoms with Crippen LogP contribution in [0, 0.1) is 16.7 Å². The lowest BCUT2D eigenvalue weighted by molar-refractivity contribution is 0.145. The minimum Gasteiger partial charge on any atom is -0.494 e. The van der Waals surface area contributed by atoms with Crippen LogP contribution in [0.1, 0.15) is 38.7 Å². The summed E-state index contributed by atoms with van der Waals surface area (Å²) in [5, 5.41) is 10.3. The zero-order valence-corrected chi connectivity index (χ0v) is 24.6. The molecule has 9 nitrogen and oxygen atoms in total. The maximum Gasteiger partial charge on any atom is 0.234 e. The number of piperazine rings is 2. The molecule has 0 spiro atoms. The van der Waals surface area contributed by atoms with E-state index in [0.717, 1.165) is 102 Å². The molecule has 4 heterocycles. The Bertz CT molecular complexity index is 1290. The maximum atomic E-state index is 9.32. The first-order valence-corrected chi connectivity index (χ1v) is 14.6. The fourth-order valence-corrected chi connectivity index (χ4v) is 5.63. The van der Waals surface area contributed by atoms with Crippen LogP contribution >= 0.6 is 0 Å². The van der Waals surface area contributed by atoms with E-state index >= 15 is 0 Å². The highest BCUT2D eigenvalue weighted by Crippen LogP contribution is 2.26. The van der Waals surface area contributed by atoms with Crippen LogP contribution in [0.25, 0.3) is 11.0 Å². The van der Waals surface area contributed by atoms with Gasteiger partial charge in [0.25, 0.3) is 0 Å².